The Kier molecular flexibility index (Phi) is 9.71. The number of esters is 1. The van der Waals surface area contributed by atoms with Crippen molar-refractivity contribution in [2.75, 3.05) is 47.8 Å². The highest BCUT2D eigenvalue weighted by Crippen LogP contribution is 2.26. The molecule has 1 rings (SSSR count). The van der Waals surface area contributed by atoms with Crippen LogP contribution in [0.5, 0.6) is 0 Å². The molecule has 1 fully saturated rings. The van der Waals surface area contributed by atoms with Gasteiger partial charge >= 0.3 is 14.8 Å². The molecule has 0 radical (unpaired) electrons. The number of carbonyl (C=O) groups excluding carboxylic acids is 1. The van der Waals surface area contributed by atoms with Gasteiger partial charge in [0.15, 0.2) is 0 Å². The summed E-state index contributed by atoms with van der Waals surface area (Å²) in [5.74, 6) is -0.359. The second kappa shape index (κ2) is 11.0. The molecular weight excluding hydrogens is 332 g/mol. The van der Waals surface area contributed by atoms with Crippen molar-refractivity contribution in [3.63, 3.8) is 0 Å². The molecular formula is C16H30O7Si. The predicted octanol–water partition coefficient (Wildman–Crippen LogP) is 1.87. The van der Waals surface area contributed by atoms with Crippen LogP contribution in [0, 0.1) is 0 Å². The van der Waals surface area contributed by atoms with E-state index in [1.54, 1.807) is 6.92 Å². The Morgan fingerprint density at radius 2 is 1.79 bits per heavy atom. The average molecular weight is 362 g/mol. The molecule has 140 valence electrons. The summed E-state index contributed by atoms with van der Waals surface area (Å²) in [6, 6.07) is 0. The fourth-order valence-electron chi connectivity index (χ4n) is 2.35. The zero-order valence-corrected chi connectivity index (χ0v) is 16.4. The van der Waals surface area contributed by atoms with Crippen molar-refractivity contribution >= 4 is 14.8 Å². The second-order valence-electron chi connectivity index (χ2n) is 5.54. The van der Waals surface area contributed by atoms with E-state index < -0.39 is 8.80 Å². The van der Waals surface area contributed by atoms with Gasteiger partial charge in [-0.15, -0.1) is 0 Å². The fourth-order valence-corrected chi connectivity index (χ4v) is 4.63. The quantitative estimate of drug-likeness (QED) is 0.163. The van der Waals surface area contributed by atoms with Gasteiger partial charge in [0.25, 0.3) is 0 Å². The first-order valence-corrected chi connectivity index (χ1v) is 9.99. The second-order valence-corrected chi connectivity index (χ2v) is 8.48. The third kappa shape index (κ3) is 6.27. The van der Waals surface area contributed by atoms with E-state index in [4.69, 9.17) is 27.5 Å². The molecule has 7 nitrogen and oxygen atoms in total. The van der Waals surface area contributed by atoms with Crippen molar-refractivity contribution in [3.05, 3.63) is 10.8 Å². The lowest BCUT2D eigenvalue weighted by molar-refractivity contribution is -0.139. The number of epoxide rings is 1. The third-order valence-corrected chi connectivity index (χ3v) is 6.77. The highest BCUT2D eigenvalue weighted by molar-refractivity contribution is 6.69. The molecule has 0 N–H and O–H groups in total. The summed E-state index contributed by atoms with van der Waals surface area (Å²) < 4.78 is 32.5. The Labute approximate surface area is 145 Å². The van der Waals surface area contributed by atoms with Gasteiger partial charge in [0.1, 0.15) is 6.10 Å². The Morgan fingerprint density at radius 3 is 2.29 bits per heavy atom. The minimum Gasteiger partial charge on any atom is -0.462 e. The lowest BCUT2D eigenvalue weighted by atomic mass is 10.2. The van der Waals surface area contributed by atoms with Crippen LogP contribution in [0.1, 0.15) is 33.1 Å². The fraction of sp³-hybridized carbons (Fsp3) is 0.812. The van der Waals surface area contributed by atoms with Gasteiger partial charge in [-0.1, -0.05) is 6.92 Å². The summed E-state index contributed by atoms with van der Waals surface area (Å²) in [4.78, 5) is 12.3. The van der Waals surface area contributed by atoms with E-state index in [2.05, 4.69) is 0 Å². The lowest BCUT2D eigenvalue weighted by Gasteiger charge is -2.28. The topological polar surface area (TPSA) is 75.8 Å². The lowest BCUT2D eigenvalue weighted by Crippen LogP contribution is -2.46. The maximum absolute atomic E-state index is 12.3. The van der Waals surface area contributed by atoms with Gasteiger partial charge in [-0.2, -0.15) is 0 Å². The molecule has 1 heterocycles. The van der Waals surface area contributed by atoms with E-state index in [-0.39, 0.29) is 12.1 Å². The molecule has 0 bridgehead atoms. The molecule has 24 heavy (non-hydrogen) atoms. The summed E-state index contributed by atoms with van der Waals surface area (Å²) in [7, 11) is 1.51. The summed E-state index contributed by atoms with van der Waals surface area (Å²) in [6.07, 6.45) is 2.33. The summed E-state index contributed by atoms with van der Waals surface area (Å²) in [5.41, 5.74) is 0.492. The molecule has 0 aromatic carbocycles. The van der Waals surface area contributed by atoms with Crippen LogP contribution in [-0.2, 0) is 32.3 Å². The number of hydrogen-bond acceptors (Lipinski definition) is 7. The molecule has 0 aliphatic carbocycles. The van der Waals surface area contributed by atoms with Crippen LogP contribution in [0.4, 0.5) is 0 Å². The summed E-state index contributed by atoms with van der Waals surface area (Å²) >= 11 is 0. The number of rotatable bonds is 13. The molecule has 0 amide bonds. The Bertz CT molecular complexity index is 408. The summed E-state index contributed by atoms with van der Waals surface area (Å²) in [5, 5.41) is 0.738. The van der Waals surface area contributed by atoms with E-state index >= 15 is 0 Å². The van der Waals surface area contributed by atoms with Crippen molar-refractivity contribution in [1.29, 1.82) is 0 Å². The number of carbonyl (C=O) groups is 1. The van der Waals surface area contributed by atoms with Gasteiger partial charge < -0.3 is 27.5 Å². The zero-order valence-electron chi connectivity index (χ0n) is 15.4. The minimum absolute atomic E-state index is 0.246. The molecule has 0 saturated carbocycles. The first kappa shape index (κ1) is 21.3. The molecule has 0 aromatic rings. The van der Waals surface area contributed by atoms with Crippen molar-refractivity contribution in [2.45, 2.75) is 39.2 Å². The van der Waals surface area contributed by atoms with E-state index in [1.807, 2.05) is 6.92 Å². The molecule has 1 unspecified atom stereocenters. The van der Waals surface area contributed by atoms with Gasteiger partial charge in [-0.05, 0) is 26.2 Å². The SMILES string of the molecule is CCCOC(=O)C(C)=C(CCCOCC1CO1)[Si](OC)(OC)OC. The Balaban J connectivity index is 2.77. The van der Waals surface area contributed by atoms with Crippen molar-refractivity contribution in [1.82, 2.24) is 0 Å². The van der Waals surface area contributed by atoms with Crippen LogP contribution < -0.4 is 0 Å². The molecule has 1 saturated heterocycles. The van der Waals surface area contributed by atoms with Crippen LogP contribution in [0.25, 0.3) is 0 Å². The third-order valence-electron chi connectivity index (χ3n) is 3.79. The van der Waals surface area contributed by atoms with Gasteiger partial charge in [-0.3, -0.25) is 0 Å². The van der Waals surface area contributed by atoms with Crippen molar-refractivity contribution in [2.24, 2.45) is 0 Å². The minimum atomic E-state index is -3.08. The first-order chi connectivity index (χ1) is 11.5. The Morgan fingerprint density at radius 1 is 1.17 bits per heavy atom. The first-order valence-electron chi connectivity index (χ1n) is 8.26. The maximum Gasteiger partial charge on any atom is 0.532 e. The standard InChI is InChI=1S/C16H30O7Si/c1-6-9-22-16(17)13(2)15(24(18-3,19-4)20-5)8-7-10-21-11-14-12-23-14/h14H,6-12H2,1-5H3. The largest absolute Gasteiger partial charge is 0.532 e. The number of allylic oxidation sites excluding steroid dienone is 1. The summed E-state index contributed by atoms with van der Waals surface area (Å²) in [6.45, 7) is 6.02. The van der Waals surface area contributed by atoms with Gasteiger partial charge in [0, 0.05) is 38.7 Å². The van der Waals surface area contributed by atoms with Crippen LogP contribution in [0.3, 0.4) is 0 Å². The monoisotopic (exact) mass is 362 g/mol. The zero-order chi connectivity index (χ0) is 18.0. The van der Waals surface area contributed by atoms with Crippen LogP contribution >= 0.6 is 0 Å². The molecule has 1 atom stereocenters. The molecule has 1 aliphatic heterocycles. The molecule has 0 spiro atoms. The van der Waals surface area contributed by atoms with Gasteiger partial charge in [0.2, 0.25) is 0 Å². The average Bonchev–Trinajstić information content (AvgIpc) is 3.43. The van der Waals surface area contributed by atoms with E-state index in [0.29, 0.717) is 31.8 Å². The van der Waals surface area contributed by atoms with Crippen LogP contribution in [-0.4, -0.2) is 68.6 Å². The predicted molar refractivity (Wildman–Crippen MR) is 90.5 cm³/mol. The van der Waals surface area contributed by atoms with Crippen LogP contribution in [0.15, 0.2) is 10.8 Å². The maximum atomic E-state index is 12.3. The van der Waals surface area contributed by atoms with Crippen molar-refractivity contribution < 1.29 is 32.3 Å². The van der Waals surface area contributed by atoms with Crippen LogP contribution in [0.2, 0.25) is 0 Å². The molecule has 8 heteroatoms. The molecule has 1 aliphatic rings. The number of ether oxygens (including phenoxy) is 3. The highest BCUT2D eigenvalue weighted by atomic mass is 28.4. The highest BCUT2D eigenvalue weighted by Gasteiger charge is 2.44. The number of hydrogen-bond donors (Lipinski definition) is 0. The van der Waals surface area contributed by atoms with E-state index in [0.717, 1.165) is 24.6 Å². The van der Waals surface area contributed by atoms with E-state index in [1.165, 1.54) is 21.3 Å². The van der Waals surface area contributed by atoms with E-state index in [9.17, 15) is 4.79 Å². The normalized spacial score (nSPS) is 18.3. The smallest absolute Gasteiger partial charge is 0.462 e. The van der Waals surface area contributed by atoms with Gasteiger partial charge in [0.05, 0.1) is 19.8 Å². The van der Waals surface area contributed by atoms with Gasteiger partial charge in [-0.25, -0.2) is 4.79 Å². The Hall–Kier alpha value is -0.773. The molecule has 0 aromatic heterocycles. The van der Waals surface area contributed by atoms with Crippen molar-refractivity contribution in [3.8, 4) is 0 Å².